The lowest BCUT2D eigenvalue weighted by Crippen LogP contribution is -2.26. The Hall–Kier alpha value is -1.35. The third kappa shape index (κ3) is 3.56. The molecule has 0 aromatic heterocycles. The van der Waals surface area contributed by atoms with Crippen molar-refractivity contribution >= 4 is 11.6 Å². The van der Waals surface area contributed by atoms with Crippen LogP contribution >= 0.6 is 0 Å². The van der Waals surface area contributed by atoms with Gasteiger partial charge in [-0.25, -0.2) is 0 Å². The molecular formula is C14H21NO2. The molecule has 0 heterocycles. The van der Waals surface area contributed by atoms with Crippen LogP contribution in [0.25, 0.3) is 0 Å². The zero-order chi connectivity index (χ0) is 13.1. The summed E-state index contributed by atoms with van der Waals surface area (Å²) in [5, 5.41) is 8.74. The number of hydrogen-bond acceptors (Lipinski definition) is 2. The zero-order valence-corrected chi connectivity index (χ0v) is 11.0. The Morgan fingerprint density at radius 2 is 1.76 bits per heavy atom. The first kappa shape index (κ1) is 13.7. The maximum Gasteiger partial charge on any atom is 0.229 e. The van der Waals surface area contributed by atoms with Gasteiger partial charge in [0.2, 0.25) is 5.91 Å². The van der Waals surface area contributed by atoms with E-state index in [0.717, 1.165) is 5.69 Å². The van der Waals surface area contributed by atoms with Gasteiger partial charge in [-0.15, -0.1) is 0 Å². The summed E-state index contributed by atoms with van der Waals surface area (Å²) in [6, 6.07) is 7.96. The molecule has 0 saturated heterocycles. The van der Waals surface area contributed by atoms with E-state index in [-0.39, 0.29) is 24.3 Å². The van der Waals surface area contributed by atoms with E-state index in [1.807, 2.05) is 24.3 Å². The van der Waals surface area contributed by atoms with Gasteiger partial charge in [0.15, 0.2) is 0 Å². The second kappa shape index (κ2) is 5.32. The van der Waals surface area contributed by atoms with Crippen LogP contribution in [-0.2, 0) is 10.2 Å². The van der Waals surface area contributed by atoms with Crippen molar-refractivity contribution in [2.75, 3.05) is 18.6 Å². The van der Waals surface area contributed by atoms with Crippen molar-refractivity contribution in [3.05, 3.63) is 29.8 Å². The van der Waals surface area contributed by atoms with Gasteiger partial charge in [-0.1, -0.05) is 32.9 Å². The minimum Gasteiger partial charge on any atom is -0.396 e. The Bertz CT molecular complexity index is 376. The minimum atomic E-state index is -0.108. The molecule has 3 nitrogen and oxygen atoms in total. The molecule has 17 heavy (non-hydrogen) atoms. The van der Waals surface area contributed by atoms with Gasteiger partial charge in [0, 0.05) is 12.7 Å². The smallest absolute Gasteiger partial charge is 0.229 e. The number of amides is 1. The molecule has 0 saturated carbocycles. The molecule has 1 aromatic carbocycles. The topological polar surface area (TPSA) is 40.5 Å². The van der Waals surface area contributed by atoms with Gasteiger partial charge in [0.25, 0.3) is 0 Å². The number of anilines is 1. The Labute approximate surface area is 103 Å². The van der Waals surface area contributed by atoms with E-state index < -0.39 is 0 Å². The van der Waals surface area contributed by atoms with Crippen molar-refractivity contribution in [1.29, 1.82) is 0 Å². The molecule has 94 valence electrons. The van der Waals surface area contributed by atoms with E-state index in [1.165, 1.54) is 5.56 Å². The summed E-state index contributed by atoms with van der Waals surface area (Å²) in [6.45, 7) is 6.36. The summed E-state index contributed by atoms with van der Waals surface area (Å²) < 4.78 is 0. The summed E-state index contributed by atoms with van der Waals surface area (Å²) in [5.74, 6) is -0.0731. The van der Waals surface area contributed by atoms with E-state index in [0.29, 0.717) is 0 Å². The van der Waals surface area contributed by atoms with Gasteiger partial charge < -0.3 is 10.0 Å². The highest BCUT2D eigenvalue weighted by molar-refractivity contribution is 5.92. The maximum atomic E-state index is 11.6. The molecule has 0 bridgehead atoms. The van der Waals surface area contributed by atoms with Gasteiger partial charge in [0.05, 0.1) is 13.0 Å². The Kier molecular flexibility index (Phi) is 4.29. The fourth-order valence-electron chi connectivity index (χ4n) is 1.59. The highest BCUT2D eigenvalue weighted by Crippen LogP contribution is 2.24. The average Bonchev–Trinajstić information content (AvgIpc) is 2.27. The monoisotopic (exact) mass is 235 g/mol. The Morgan fingerprint density at radius 3 is 2.18 bits per heavy atom. The number of carbonyl (C=O) groups is 1. The standard InChI is InChI=1S/C14H21NO2/c1-14(2,3)11-5-7-12(8-6-11)15(4)13(17)9-10-16/h5-8,16H,9-10H2,1-4H3. The van der Waals surface area contributed by atoms with Crippen LogP contribution in [0.2, 0.25) is 0 Å². The second-order valence-electron chi connectivity index (χ2n) is 5.22. The lowest BCUT2D eigenvalue weighted by molar-refractivity contribution is -0.118. The number of rotatable bonds is 3. The molecule has 0 aliphatic heterocycles. The molecule has 0 aliphatic rings. The quantitative estimate of drug-likeness (QED) is 0.873. The van der Waals surface area contributed by atoms with Crippen molar-refractivity contribution in [2.24, 2.45) is 0 Å². The molecule has 0 fully saturated rings. The van der Waals surface area contributed by atoms with Crippen molar-refractivity contribution < 1.29 is 9.90 Å². The molecule has 0 spiro atoms. The molecule has 0 aliphatic carbocycles. The van der Waals surface area contributed by atoms with Crippen molar-refractivity contribution in [3.8, 4) is 0 Å². The molecular weight excluding hydrogens is 214 g/mol. The van der Waals surface area contributed by atoms with Gasteiger partial charge in [-0.05, 0) is 23.1 Å². The molecule has 1 aromatic rings. The fraction of sp³-hybridized carbons (Fsp3) is 0.500. The van der Waals surface area contributed by atoms with Crippen LogP contribution in [0.15, 0.2) is 24.3 Å². The van der Waals surface area contributed by atoms with Crippen LogP contribution in [0.1, 0.15) is 32.8 Å². The first-order valence-electron chi connectivity index (χ1n) is 5.84. The Morgan fingerprint density at radius 1 is 1.24 bits per heavy atom. The molecule has 0 radical (unpaired) electrons. The summed E-state index contributed by atoms with van der Waals surface area (Å²) in [7, 11) is 1.73. The normalized spacial score (nSPS) is 11.4. The molecule has 1 rings (SSSR count). The van der Waals surface area contributed by atoms with Crippen molar-refractivity contribution in [1.82, 2.24) is 0 Å². The molecule has 1 N–H and O–H groups in total. The van der Waals surface area contributed by atoms with Crippen molar-refractivity contribution in [2.45, 2.75) is 32.6 Å². The molecule has 3 heteroatoms. The number of carbonyl (C=O) groups excluding carboxylic acids is 1. The third-order valence-electron chi connectivity index (χ3n) is 2.82. The van der Waals surface area contributed by atoms with Crippen LogP contribution in [0.4, 0.5) is 5.69 Å². The van der Waals surface area contributed by atoms with Crippen LogP contribution in [0.3, 0.4) is 0 Å². The largest absolute Gasteiger partial charge is 0.396 e. The SMILES string of the molecule is CN(C(=O)CCO)c1ccc(C(C)(C)C)cc1. The first-order valence-corrected chi connectivity index (χ1v) is 5.84. The number of benzene rings is 1. The lowest BCUT2D eigenvalue weighted by atomic mass is 9.87. The zero-order valence-electron chi connectivity index (χ0n) is 11.0. The number of hydrogen-bond donors (Lipinski definition) is 1. The van der Waals surface area contributed by atoms with Gasteiger partial charge in [0.1, 0.15) is 0 Å². The number of nitrogens with zero attached hydrogens (tertiary/aromatic N) is 1. The van der Waals surface area contributed by atoms with Crippen LogP contribution in [-0.4, -0.2) is 24.7 Å². The van der Waals surface area contributed by atoms with Crippen LogP contribution < -0.4 is 4.90 Å². The third-order valence-corrected chi connectivity index (χ3v) is 2.82. The van der Waals surface area contributed by atoms with E-state index in [4.69, 9.17) is 5.11 Å². The van der Waals surface area contributed by atoms with Gasteiger partial charge in [-0.3, -0.25) is 4.79 Å². The van der Waals surface area contributed by atoms with Crippen LogP contribution in [0.5, 0.6) is 0 Å². The molecule has 0 unspecified atom stereocenters. The minimum absolute atomic E-state index is 0.0731. The summed E-state index contributed by atoms with van der Waals surface area (Å²) >= 11 is 0. The highest BCUT2D eigenvalue weighted by atomic mass is 16.3. The van der Waals surface area contributed by atoms with Crippen LogP contribution in [0, 0.1) is 0 Å². The summed E-state index contributed by atoms with van der Waals surface area (Å²) in [6.07, 6.45) is 0.164. The number of aliphatic hydroxyl groups is 1. The average molecular weight is 235 g/mol. The first-order chi connectivity index (χ1) is 7.86. The molecule has 1 amide bonds. The highest BCUT2D eigenvalue weighted by Gasteiger charge is 2.15. The predicted molar refractivity (Wildman–Crippen MR) is 70.3 cm³/mol. The fourth-order valence-corrected chi connectivity index (χ4v) is 1.59. The summed E-state index contributed by atoms with van der Waals surface area (Å²) in [4.78, 5) is 13.2. The van der Waals surface area contributed by atoms with E-state index in [9.17, 15) is 4.79 Å². The van der Waals surface area contributed by atoms with E-state index in [2.05, 4.69) is 20.8 Å². The predicted octanol–water partition coefficient (Wildman–Crippen LogP) is 2.33. The second-order valence-corrected chi connectivity index (χ2v) is 5.22. The maximum absolute atomic E-state index is 11.6. The Balaban J connectivity index is 2.84. The number of aliphatic hydroxyl groups excluding tert-OH is 1. The molecule has 0 atom stereocenters. The summed E-state index contributed by atoms with van der Waals surface area (Å²) in [5.41, 5.74) is 2.22. The van der Waals surface area contributed by atoms with Gasteiger partial charge in [-0.2, -0.15) is 0 Å². The van der Waals surface area contributed by atoms with Gasteiger partial charge >= 0.3 is 0 Å². The van der Waals surface area contributed by atoms with E-state index in [1.54, 1.807) is 11.9 Å². The van der Waals surface area contributed by atoms with E-state index >= 15 is 0 Å². The lowest BCUT2D eigenvalue weighted by Gasteiger charge is -2.21. The van der Waals surface area contributed by atoms with Crippen molar-refractivity contribution in [3.63, 3.8) is 0 Å².